The summed E-state index contributed by atoms with van der Waals surface area (Å²) in [6.45, 7) is 9.51. The Hall–Kier alpha value is -1.66. The fraction of sp³-hybridized carbons (Fsp3) is 0.625. The zero-order valence-electron chi connectivity index (χ0n) is 13.5. The second-order valence-corrected chi connectivity index (χ2v) is 6.36. The number of hydrogen-bond acceptors (Lipinski definition) is 5. The smallest absolute Gasteiger partial charge is 0.313 e. The van der Waals surface area contributed by atoms with Crippen LogP contribution in [0.15, 0.2) is 12.1 Å². The van der Waals surface area contributed by atoms with Gasteiger partial charge in [0.2, 0.25) is 0 Å². The topological polar surface area (TPSA) is 78.6 Å². The van der Waals surface area contributed by atoms with E-state index in [1.165, 1.54) is 0 Å². The van der Waals surface area contributed by atoms with Gasteiger partial charge in [-0.15, -0.1) is 0 Å². The van der Waals surface area contributed by atoms with E-state index in [4.69, 9.17) is 0 Å². The third-order valence-corrected chi connectivity index (χ3v) is 4.21. The maximum Gasteiger partial charge on any atom is 0.313 e. The fourth-order valence-electron chi connectivity index (χ4n) is 3.11. The van der Waals surface area contributed by atoms with E-state index in [2.05, 4.69) is 24.1 Å². The van der Waals surface area contributed by atoms with Gasteiger partial charge in [0.1, 0.15) is 0 Å². The zero-order valence-corrected chi connectivity index (χ0v) is 13.5. The molecule has 1 saturated heterocycles. The molecular weight excluding hydrogens is 282 g/mol. The van der Waals surface area contributed by atoms with E-state index in [9.17, 15) is 15.2 Å². The highest BCUT2D eigenvalue weighted by atomic mass is 16.6. The quantitative estimate of drug-likeness (QED) is 0.646. The Bertz CT molecular complexity index is 540. The lowest BCUT2D eigenvalue weighted by molar-refractivity contribution is -0.386. The number of phenols is 1. The second-order valence-electron chi connectivity index (χ2n) is 6.36. The summed E-state index contributed by atoms with van der Waals surface area (Å²) in [6, 6.07) is 3.59. The van der Waals surface area contributed by atoms with E-state index in [1.54, 1.807) is 13.0 Å². The van der Waals surface area contributed by atoms with Crippen LogP contribution >= 0.6 is 0 Å². The van der Waals surface area contributed by atoms with Gasteiger partial charge in [0.05, 0.1) is 4.92 Å². The third kappa shape index (κ3) is 3.56. The van der Waals surface area contributed by atoms with Crippen LogP contribution in [-0.4, -0.2) is 41.1 Å². The zero-order chi connectivity index (χ0) is 16.3. The van der Waals surface area contributed by atoms with Gasteiger partial charge < -0.3 is 10.4 Å². The molecule has 0 unspecified atom stereocenters. The number of nitrogens with one attached hydrogen (secondary N) is 1. The van der Waals surface area contributed by atoms with Crippen molar-refractivity contribution >= 4 is 5.69 Å². The molecule has 0 radical (unpaired) electrons. The van der Waals surface area contributed by atoms with Gasteiger partial charge in [-0.2, -0.15) is 0 Å². The first-order chi connectivity index (χ1) is 10.4. The summed E-state index contributed by atoms with van der Waals surface area (Å²) >= 11 is 0. The summed E-state index contributed by atoms with van der Waals surface area (Å²) in [5, 5.41) is 25.0. The molecule has 1 atom stereocenters. The molecule has 0 amide bonds. The predicted molar refractivity (Wildman–Crippen MR) is 86.1 cm³/mol. The molecule has 1 aromatic rings. The average molecular weight is 307 g/mol. The van der Waals surface area contributed by atoms with Gasteiger partial charge in [-0.05, 0) is 19.3 Å². The molecule has 0 aliphatic carbocycles. The standard InChI is InChI=1S/C16H25N3O3/c1-11(2)10-14(18-8-6-17-7-9-18)13-5-4-12(3)15(16(13)20)19(21)22/h4-5,11,14,17,20H,6-10H2,1-3H3/t14-/m1/s1. The van der Waals surface area contributed by atoms with Gasteiger partial charge in [-0.1, -0.05) is 26.0 Å². The minimum atomic E-state index is -0.488. The van der Waals surface area contributed by atoms with Crippen LogP contribution in [0.25, 0.3) is 0 Å². The molecule has 0 spiro atoms. The molecule has 6 heteroatoms. The summed E-state index contributed by atoms with van der Waals surface area (Å²) in [5.41, 5.74) is 1.00. The van der Waals surface area contributed by atoms with Crippen molar-refractivity contribution in [1.29, 1.82) is 0 Å². The molecule has 0 bridgehead atoms. The maximum absolute atomic E-state index is 11.2. The second kappa shape index (κ2) is 7.07. The molecule has 0 aromatic heterocycles. The van der Waals surface area contributed by atoms with Crippen molar-refractivity contribution in [2.24, 2.45) is 5.92 Å². The van der Waals surface area contributed by atoms with Crippen molar-refractivity contribution in [3.63, 3.8) is 0 Å². The van der Waals surface area contributed by atoms with E-state index in [0.717, 1.165) is 32.6 Å². The van der Waals surface area contributed by atoms with E-state index in [1.807, 2.05) is 6.07 Å². The number of phenolic OH excluding ortho intramolecular Hbond substituents is 1. The third-order valence-electron chi connectivity index (χ3n) is 4.21. The summed E-state index contributed by atoms with van der Waals surface area (Å²) in [5.74, 6) is 0.272. The largest absolute Gasteiger partial charge is 0.502 e. The number of rotatable bonds is 5. The Morgan fingerprint density at radius 3 is 2.55 bits per heavy atom. The lowest BCUT2D eigenvalue weighted by Crippen LogP contribution is -2.45. The minimum absolute atomic E-state index is 0.0152. The molecule has 1 aliphatic heterocycles. The van der Waals surface area contributed by atoms with Gasteiger partial charge in [0, 0.05) is 43.3 Å². The molecule has 1 aliphatic rings. The van der Waals surface area contributed by atoms with Crippen LogP contribution < -0.4 is 5.32 Å². The Morgan fingerprint density at radius 2 is 2.00 bits per heavy atom. The van der Waals surface area contributed by atoms with Crippen molar-refractivity contribution < 1.29 is 10.0 Å². The van der Waals surface area contributed by atoms with Crippen LogP contribution in [-0.2, 0) is 0 Å². The summed E-state index contributed by atoms with van der Waals surface area (Å²) in [6.07, 6.45) is 0.869. The van der Waals surface area contributed by atoms with E-state index in [0.29, 0.717) is 17.0 Å². The molecule has 2 rings (SSSR count). The highest BCUT2D eigenvalue weighted by Gasteiger charge is 2.29. The highest BCUT2D eigenvalue weighted by Crippen LogP contribution is 2.40. The Kier molecular flexibility index (Phi) is 5.37. The highest BCUT2D eigenvalue weighted by molar-refractivity contribution is 5.56. The predicted octanol–water partition coefficient (Wildman–Crippen LogP) is 2.60. The molecule has 1 fully saturated rings. The van der Waals surface area contributed by atoms with Crippen molar-refractivity contribution in [2.45, 2.75) is 33.2 Å². The molecule has 122 valence electrons. The number of nitro benzene ring substituents is 1. The molecule has 1 aromatic carbocycles. The molecule has 0 saturated carbocycles. The summed E-state index contributed by atoms with van der Waals surface area (Å²) in [7, 11) is 0. The Balaban J connectivity index is 2.42. The molecule has 22 heavy (non-hydrogen) atoms. The molecule has 1 heterocycles. The first kappa shape index (κ1) is 16.7. The minimum Gasteiger partial charge on any atom is -0.502 e. The Labute approximate surface area is 131 Å². The molecule has 6 nitrogen and oxygen atoms in total. The van der Waals surface area contributed by atoms with Gasteiger partial charge in [0.25, 0.3) is 0 Å². The van der Waals surface area contributed by atoms with Gasteiger partial charge in [-0.3, -0.25) is 15.0 Å². The van der Waals surface area contributed by atoms with Crippen molar-refractivity contribution in [3.8, 4) is 5.75 Å². The molecular formula is C16H25N3O3. The van der Waals surface area contributed by atoms with Crippen LogP contribution in [0.4, 0.5) is 5.69 Å². The van der Waals surface area contributed by atoms with Crippen molar-refractivity contribution in [3.05, 3.63) is 33.4 Å². The maximum atomic E-state index is 11.2. The van der Waals surface area contributed by atoms with Crippen molar-refractivity contribution in [2.75, 3.05) is 26.2 Å². The molecule has 2 N–H and O–H groups in total. The average Bonchev–Trinajstić information content (AvgIpc) is 2.46. The summed E-state index contributed by atoms with van der Waals surface area (Å²) in [4.78, 5) is 13.1. The van der Waals surface area contributed by atoms with E-state index >= 15 is 0 Å². The van der Waals surface area contributed by atoms with Crippen molar-refractivity contribution in [1.82, 2.24) is 10.2 Å². The van der Waals surface area contributed by atoms with Crippen LogP contribution in [0.1, 0.15) is 37.4 Å². The number of nitrogens with zero attached hydrogens (tertiary/aromatic N) is 2. The number of hydrogen-bond donors (Lipinski definition) is 2. The number of piperazine rings is 1. The lowest BCUT2D eigenvalue weighted by atomic mass is 9.93. The van der Waals surface area contributed by atoms with Crippen LogP contribution in [0.3, 0.4) is 0 Å². The SMILES string of the molecule is Cc1ccc([C@@H](CC(C)C)N2CCNCC2)c(O)c1[N+](=O)[O-]. The van der Waals surface area contributed by atoms with Crippen LogP contribution in [0.5, 0.6) is 5.75 Å². The summed E-state index contributed by atoms with van der Waals surface area (Å²) < 4.78 is 0. The van der Waals surface area contributed by atoms with Gasteiger partial charge in [-0.25, -0.2) is 0 Å². The van der Waals surface area contributed by atoms with E-state index in [-0.39, 0.29) is 17.5 Å². The fourth-order valence-corrected chi connectivity index (χ4v) is 3.11. The van der Waals surface area contributed by atoms with Crippen LogP contribution in [0, 0.1) is 23.0 Å². The first-order valence-electron chi connectivity index (χ1n) is 7.83. The van der Waals surface area contributed by atoms with Crippen LogP contribution in [0.2, 0.25) is 0 Å². The van der Waals surface area contributed by atoms with Gasteiger partial charge >= 0.3 is 5.69 Å². The number of nitro groups is 1. The Morgan fingerprint density at radius 1 is 1.36 bits per heavy atom. The first-order valence-corrected chi connectivity index (χ1v) is 7.83. The monoisotopic (exact) mass is 307 g/mol. The number of aryl methyl sites for hydroxylation is 1. The van der Waals surface area contributed by atoms with E-state index < -0.39 is 4.92 Å². The lowest BCUT2D eigenvalue weighted by Gasteiger charge is -2.36. The number of benzene rings is 1. The normalized spacial score (nSPS) is 17.6. The number of aromatic hydroxyl groups is 1. The van der Waals surface area contributed by atoms with Gasteiger partial charge in [0.15, 0.2) is 5.75 Å².